The van der Waals surface area contributed by atoms with Crippen molar-refractivity contribution in [3.05, 3.63) is 53.2 Å². The Kier molecular flexibility index (Phi) is 4.37. The summed E-state index contributed by atoms with van der Waals surface area (Å²) < 4.78 is 29.6. The van der Waals surface area contributed by atoms with Gasteiger partial charge in [-0.3, -0.25) is 9.67 Å². The van der Waals surface area contributed by atoms with Crippen LogP contribution in [0.25, 0.3) is 11.3 Å². The summed E-state index contributed by atoms with van der Waals surface area (Å²) in [6, 6.07) is 5.50. The van der Waals surface area contributed by atoms with E-state index >= 15 is 0 Å². The van der Waals surface area contributed by atoms with Crippen molar-refractivity contribution in [3.8, 4) is 11.3 Å². The van der Waals surface area contributed by atoms with Gasteiger partial charge in [-0.15, -0.1) is 0 Å². The maximum Gasteiger partial charge on any atom is 0.333 e. The summed E-state index contributed by atoms with van der Waals surface area (Å²) in [5, 5.41) is 8.12. The Morgan fingerprint density at radius 1 is 1.16 bits per heavy atom. The lowest BCUT2D eigenvalue weighted by Crippen LogP contribution is -2.13. The van der Waals surface area contributed by atoms with E-state index in [1.54, 1.807) is 24.7 Å². The Bertz CT molecular complexity index is 854. The van der Waals surface area contributed by atoms with E-state index in [-0.39, 0.29) is 6.04 Å². The van der Waals surface area contributed by atoms with Gasteiger partial charge < -0.3 is 0 Å². The van der Waals surface area contributed by atoms with Gasteiger partial charge in [0.05, 0.1) is 23.6 Å². The van der Waals surface area contributed by atoms with Gasteiger partial charge in [-0.25, -0.2) is 4.68 Å². The summed E-state index contributed by atoms with van der Waals surface area (Å²) in [6.45, 7) is -2.68. The van der Waals surface area contributed by atoms with Gasteiger partial charge in [-0.1, -0.05) is 12.8 Å². The number of alkyl halides is 2. The smallest absolute Gasteiger partial charge is 0.263 e. The maximum atomic E-state index is 13.1. The highest BCUT2D eigenvalue weighted by atomic mass is 79.9. The van der Waals surface area contributed by atoms with E-state index < -0.39 is 6.55 Å². The molecule has 0 saturated heterocycles. The fraction of sp³-hybridized carbons (Fsp3) is 0.353. The van der Waals surface area contributed by atoms with Gasteiger partial charge in [0, 0.05) is 28.6 Å². The van der Waals surface area contributed by atoms with E-state index in [4.69, 9.17) is 0 Å². The molecule has 3 aromatic rings. The third kappa shape index (κ3) is 3.49. The summed E-state index contributed by atoms with van der Waals surface area (Å²) in [4.78, 5) is 4.51. The lowest BCUT2D eigenvalue weighted by molar-refractivity contribution is 0.0585. The molecule has 1 fully saturated rings. The van der Waals surface area contributed by atoms with Crippen LogP contribution in [0.4, 0.5) is 8.78 Å². The average Bonchev–Trinajstić information content (AvgIpc) is 3.10. The number of rotatable bonds is 6. The van der Waals surface area contributed by atoms with Gasteiger partial charge in [0.25, 0.3) is 0 Å². The molecule has 1 atom stereocenters. The zero-order valence-corrected chi connectivity index (χ0v) is 14.9. The molecule has 1 aliphatic rings. The van der Waals surface area contributed by atoms with Crippen molar-refractivity contribution in [3.63, 3.8) is 0 Å². The average molecular weight is 408 g/mol. The van der Waals surface area contributed by atoms with Gasteiger partial charge in [0.15, 0.2) is 0 Å². The van der Waals surface area contributed by atoms with Crippen LogP contribution in [0.15, 0.2) is 47.5 Å². The zero-order valence-electron chi connectivity index (χ0n) is 13.3. The van der Waals surface area contributed by atoms with E-state index in [1.165, 1.54) is 19.0 Å². The van der Waals surface area contributed by atoms with Crippen LogP contribution in [0.1, 0.15) is 37.5 Å². The molecule has 130 valence electrons. The van der Waals surface area contributed by atoms with Gasteiger partial charge in [-0.2, -0.15) is 19.0 Å². The predicted molar refractivity (Wildman–Crippen MR) is 92.1 cm³/mol. The Balaban J connectivity index is 1.67. The number of hydrogen-bond donors (Lipinski definition) is 0. The maximum absolute atomic E-state index is 13.1. The van der Waals surface area contributed by atoms with Crippen molar-refractivity contribution in [2.24, 2.45) is 5.92 Å². The SMILES string of the molecule is FC(F)n1nccc1-c1cnn(C(CC2CC2)c2ccc(Br)cn2)c1. The van der Waals surface area contributed by atoms with Crippen LogP contribution in [0.3, 0.4) is 0 Å². The van der Waals surface area contributed by atoms with Gasteiger partial charge in [-0.05, 0) is 46.5 Å². The Morgan fingerprint density at radius 3 is 2.68 bits per heavy atom. The van der Waals surface area contributed by atoms with Crippen molar-refractivity contribution >= 4 is 15.9 Å². The standard InChI is InChI=1S/C17H16BrF2N5/c18-13-3-4-14(21-9-13)16(7-11-1-2-11)24-10-12(8-23-24)15-5-6-22-25(15)17(19)20/h3-6,8-11,16-17H,1-2,7H2. The largest absolute Gasteiger partial charge is 0.333 e. The summed E-state index contributed by atoms with van der Waals surface area (Å²) in [6.07, 6.45) is 9.94. The number of nitrogens with zero attached hydrogens (tertiary/aromatic N) is 5. The minimum Gasteiger partial charge on any atom is -0.263 e. The topological polar surface area (TPSA) is 48.5 Å². The third-order valence-corrected chi connectivity index (χ3v) is 4.89. The van der Waals surface area contributed by atoms with Crippen molar-refractivity contribution in [1.29, 1.82) is 0 Å². The van der Waals surface area contributed by atoms with E-state index in [2.05, 4.69) is 31.1 Å². The molecule has 0 bridgehead atoms. The second-order valence-electron chi connectivity index (χ2n) is 6.24. The van der Waals surface area contributed by atoms with Crippen molar-refractivity contribution < 1.29 is 8.78 Å². The second-order valence-corrected chi connectivity index (χ2v) is 7.16. The van der Waals surface area contributed by atoms with Crippen LogP contribution < -0.4 is 0 Å². The van der Waals surface area contributed by atoms with Crippen LogP contribution in [0.5, 0.6) is 0 Å². The molecule has 0 radical (unpaired) electrons. The van der Waals surface area contributed by atoms with Gasteiger partial charge in [0.1, 0.15) is 0 Å². The lowest BCUT2D eigenvalue weighted by Gasteiger charge is -2.17. The molecule has 0 amide bonds. The first-order chi connectivity index (χ1) is 12.1. The van der Waals surface area contributed by atoms with Crippen LogP contribution in [-0.4, -0.2) is 24.5 Å². The fourth-order valence-corrected chi connectivity index (χ4v) is 3.19. The summed E-state index contributed by atoms with van der Waals surface area (Å²) in [7, 11) is 0. The van der Waals surface area contributed by atoms with E-state index in [0.717, 1.165) is 16.6 Å². The molecule has 4 rings (SSSR count). The normalized spacial score (nSPS) is 15.7. The summed E-state index contributed by atoms with van der Waals surface area (Å²) in [5.41, 5.74) is 1.90. The minimum absolute atomic E-state index is 0.00253. The van der Waals surface area contributed by atoms with Crippen LogP contribution in [0.2, 0.25) is 0 Å². The fourth-order valence-electron chi connectivity index (χ4n) is 2.96. The molecule has 5 nitrogen and oxygen atoms in total. The number of hydrogen-bond acceptors (Lipinski definition) is 3. The Morgan fingerprint density at radius 2 is 2.00 bits per heavy atom. The molecule has 3 aromatic heterocycles. The highest BCUT2D eigenvalue weighted by Gasteiger charge is 2.29. The van der Waals surface area contributed by atoms with Crippen LogP contribution in [0, 0.1) is 5.92 Å². The monoisotopic (exact) mass is 407 g/mol. The highest BCUT2D eigenvalue weighted by Crippen LogP contribution is 2.39. The summed E-state index contributed by atoms with van der Waals surface area (Å²) in [5.74, 6) is 0.676. The first kappa shape index (κ1) is 16.4. The summed E-state index contributed by atoms with van der Waals surface area (Å²) >= 11 is 3.40. The molecule has 1 aliphatic carbocycles. The molecule has 0 aliphatic heterocycles. The van der Waals surface area contributed by atoms with E-state index in [1.807, 2.05) is 16.8 Å². The minimum atomic E-state index is -2.68. The molecule has 0 N–H and O–H groups in total. The molecule has 8 heteroatoms. The number of pyridine rings is 1. The van der Waals surface area contributed by atoms with Crippen LogP contribution in [-0.2, 0) is 0 Å². The molecular weight excluding hydrogens is 392 g/mol. The molecule has 0 spiro atoms. The van der Waals surface area contributed by atoms with Crippen LogP contribution >= 0.6 is 15.9 Å². The lowest BCUT2D eigenvalue weighted by atomic mass is 10.1. The molecule has 1 saturated carbocycles. The molecule has 1 unspecified atom stereocenters. The highest BCUT2D eigenvalue weighted by molar-refractivity contribution is 9.10. The number of halogens is 3. The van der Waals surface area contributed by atoms with Gasteiger partial charge >= 0.3 is 6.55 Å². The number of aromatic nitrogens is 5. The third-order valence-electron chi connectivity index (χ3n) is 4.42. The van der Waals surface area contributed by atoms with Gasteiger partial charge in [0.2, 0.25) is 0 Å². The van der Waals surface area contributed by atoms with Crippen molar-refractivity contribution in [2.45, 2.75) is 31.9 Å². The predicted octanol–water partition coefficient (Wildman–Crippen LogP) is 4.69. The first-order valence-corrected chi connectivity index (χ1v) is 8.89. The molecule has 3 heterocycles. The second kappa shape index (κ2) is 6.67. The molecule has 0 aromatic carbocycles. The van der Waals surface area contributed by atoms with Crippen molar-refractivity contribution in [2.75, 3.05) is 0 Å². The van der Waals surface area contributed by atoms with E-state index in [9.17, 15) is 8.78 Å². The molecular formula is C17H16BrF2N5. The quantitative estimate of drug-likeness (QED) is 0.595. The van der Waals surface area contributed by atoms with Crippen molar-refractivity contribution in [1.82, 2.24) is 24.5 Å². The Hall–Kier alpha value is -2.09. The first-order valence-electron chi connectivity index (χ1n) is 8.09. The van der Waals surface area contributed by atoms with E-state index in [0.29, 0.717) is 21.9 Å². The Labute approximate surface area is 151 Å². The molecule has 25 heavy (non-hydrogen) atoms. The zero-order chi connectivity index (χ0) is 17.4.